The van der Waals surface area contributed by atoms with E-state index in [1.54, 1.807) is 0 Å². The maximum atomic E-state index is 12.1. The van der Waals surface area contributed by atoms with Crippen molar-refractivity contribution in [2.24, 2.45) is 0 Å². The van der Waals surface area contributed by atoms with Crippen LogP contribution >= 0.6 is 15.9 Å². The van der Waals surface area contributed by atoms with E-state index in [0.29, 0.717) is 5.75 Å². The van der Waals surface area contributed by atoms with Gasteiger partial charge in [-0.05, 0) is 67.1 Å². The molecule has 0 fully saturated rings. The Kier molecular flexibility index (Phi) is 5.21. The minimum atomic E-state index is -0.433. The third-order valence-corrected chi connectivity index (χ3v) is 5.12. The van der Waals surface area contributed by atoms with Crippen LogP contribution in [0.2, 0.25) is 0 Å². The number of rotatable bonds is 4. The SMILES string of the molecule is Cc1cc(NC(=O)COc2cccc3c2CCC[C@@H]3O)ccc1Br. The van der Waals surface area contributed by atoms with Gasteiger partial charge >= 0.3 is 0 Å². The highest BCUT2D eigenvalue weighted by molar-refractivity contribution is 9.10. The summed E-state index contributed by atoms with van der Waals surface area (Å²) in [4.78, 5) is 12.1. The number of nitrogens with one attached hydrogen (secondary N) is 1. The van der Waals surface area contributed by atoms with Gasteiger partial charge in [0.1, 0.15) is 5.75 Å². The summed E-state index contributed by atoms with van der Waals surface area (Å²) in [6.07, 6.45) is 2.14. The summed E-state index contributed by atoms with van der Waals surface area (Å²) in [5, 5.41) is 12.9. The molecular weight excluding hydrogens is 370 g/mol. The minimum absolute atomic E-state index is 0.0539. The number of anilines is 1. The molecule has 1 aliphatic rings. The number of aryl methyl sites for hydroxylation is 1. The van der Waals surface area contributed by atoms with Crippen LogP contribution in [0, 0.1) is 6.92 Å². The van der Waals surface area contributed by atoms with Crippen LogP contribution in [0.5, 0.6) is 5.75 Å². The number of carbonyl (C=O) groups is 1. The quantitative estimate of drug-likeness (QED) is 0.825. The molecule has 1 amide bonds. The molecule has 0 unspecified atom stereocenters. The summed E-state index contributed by atoms with van der Waals surface area (Å²) in [5.74, 6) is 0.485. The van der Waals surface area contributed by atoms with Gasteiger partial charge in [-0.1, -0.05) is 28.1 Å². The highest BCUT2D eigenvalue weighted by Crippen LogP contribution is 2.35. The molecular formula is C19H20BrNO3. The van der Waals surface area contributed by atoms with E-state index in [2.05, 4.69) is 21.2 Å². The first kappa shape index (κ1) is 17.0. The third-order valence-electron chi connectivity index (χ3n) is 4.23. The number of amides is 1. The smallest absolute Gasteiger partial charge is 0.262 e. The summed E-state index contributed by atoms with van der Waals surface area (Å²) in [6, 6.07) is 11.3. The van der Waals surface area contributed by atoms with E-state index >= 15 is 0 Å². The van der Waals surface area contributed by atoms with Gasteiger partial charge in [-0.15, -0.1) is 0 Å². The molecule has 2 aromatic rings. The zero-order valence-corrected chi connectivity index (χ0v) is 15.1. The molecule has 3 rings (SSSR count). The van der Waals surface area contributed by atoms with Gasteiger partial charge in [-0.2, -0.15) is 0 Å². The predicted octanol–water partition coefficient (Wildman–Crippen LogP) is 4.14. The number of carbonyl (C=O) groups excluding carboxylic acids is 1. The Morgan fingerprint density at radius 3 is 3.00 bits per heavy atom. The number of aliphatic hydroxyl groups excluding tert-OH is 1. The van der Waals surface area contributed by atoms with Crippen LogP contribution < -0.4 is 10.1 Å². The minimum Gasteiger partial charge on any atom is -0.483 e. The Labute approximate surface area is 150 Å². The fourth-order valence-electron chi connectivity index (χ4n) is 2.99. The Morgan fingerprint density at radius 2 is 2.21 bits per heavy atom. The summed E-state index contributed by atoms with van der Waals surface area (Å²) in [5.41, 5.74) is 3.74. The predicted molar refractivity (Wildman–Crippen MR) is 97.3 cm³/mol. The summed E-state index contributed by atoms with van der Waals surface area (Å²) >= 11 is 3.44. The maximum absolute atomic E-state index is 12.1. The largest absolute Gasteiger partial charge is 0.483 e. The first-order valence-electron chi connectivity index (χ1n) is 8.03. The van der Waals surface area contributed by atoms with E-state index in [9.17, 15) is 9.90 Å². The maximum Gasteiger partial charge on any atom is 0.262 e. The molecule has 2 N–H and O–H groups in total. The van der Waals surface area contributed by atoms with Crippen LogP contribution in [-0.4, -0.2) is 17.6 Å². The van der Waals surface area contributed by atoms with Crippen LogP contribution in [0.1, 0.15) is 35.6 Å². The van der Waals surface area contributed by atoms with E-state index in [1.165, 1.54) is 0 Å². The number of hydrogen-bond donors (Lipinski definition) is 2. The van der Waals surface area contributed by atoms with E-state index in [0.717, 1.165) is 46.1 Å². The first-order valence-corrected chi connectivity index (χ1v) is 8.82. The lowest BCUT2D eigenvalue weighted by Gasteiger charge is -2.23. The van der Waals surface area contributed by atoms with Gasteiger partial charge in [0.2, 0.25) is 0 Å². The molecule has 0 bridgehead atoms. The number of halogens is 1. The van der Waals surface area contributed by atoms with Crippen molar-refractivity contribution in [3.05, 3.63) is 57.6 Å². The monoisotopic (exact) mass is 389 g/mol. The fraction of sp³-hybridized carbons (Fsp3) is 0.316. The molecule has 0 aliphatic heterocycles. The molecule has 126 valence electrons. The normalized spacial score (nSPS) is 16.4. The molecule has 5 heteroatoms. The summed E-state index contributed by atoms with van der Waals surface area (Å²) < 4.78 is 6.71. The number of benzene rings is 2. The van der Waals surface area contributed by atoms with Gasteiger partial charge in [-0.3, -0.25) is 4.79 Å². The molecule has 1 atom stereocenters. The second-order valence-corrected chi connectivity index (χ2v) is 6.89. The number of ether oxygens (including phenoxy) is 1. The van der Waals surface area contributed by atoms with E-state index in [-0.39, 0.29) is 12.5 Å². The van der Waals surface area contributed by atoms with Gasteiger partial charge in [0, 0.05) is 10.2 Å². The van der Waals surface area contributed by atoms with Gasteiger partial charge in [0.05, 0.1) is 6.10 Å². The van der Waals surface area contributed by atoms with Crippen LogP contribution in [0.3, 0.4) is 0 Å². The zero-order valence-electron chi connectivity index (χ0n) is 13.5. The molecule has 0 saturated heterocycles. The Hall–Kier alpha value is -1.85. The topological polar surface area (TPSA) is 58.6 Å². The highest BCUT2D eigenvalue weighted by Gasteiger charge is 2.21. The molecule has 0 saturated carbocycles. The van der Waals surface area contributed by atoms with Crippen molar-refractivity contribution < 1.29 is 14.6 Å². The molecule has 0 heterocycles. The number of fused-ring (bicyclic) bond motifs is 1. The Bertz CT molecular complexity index is 760. The fourth-order valence-corrected chi connectivity index (χ4v) is 3.23. The van der Waals surface area contributed by atoms with Crippen LogP contribution in [0.25, 0.3) is 0 Å². The average molecular weight is 390 g/mol. The van der Waals surface area contributed by atoms with E-state index in [4.69, 9.17) is 4.74 Å². The zero-order chi connectivity index (χ0) is 17.1. The molecule has 0 spiro atoms. The van der Waals surface area contributed by atoms with Gasteiger partial charge in [0.25, 0.3) is 5.91 Å². The molecule has 4 nitrogen and oxygen atoms in total. The Balaban J connectivity index is 1.64. The summed E-state index contributed by atoms with van der Waals surface area (Å²) in [7, 11) is 0. The highest BCUT2D eigenvalue weighted by atomic mass is 79.9. The number of hydrogen-bond acceptors (Lipinski definition) is 3. The lowest BCUT2D eigenvalue weighted by molar-refractivity contribution is -0.118. The van der Waals surface area contributed by atoms with Crippen molar-refractivity contribution in [1.82, 2.24) is 0 Å². The van der Waals surface area contributed by atoms with Crippen molar-refractivity contribution in [1.29, 1.82) is 0 Å². The van der Waals surface area contributed by atoms with Crippen molar-refractivity contribution in [3.63, 3.8) is 0 Å². The van der Waals surface area contributed by atoms with Crippen LogP contribution in [-0.2, 0) is 11.2 Å². The van der Waals surface area contributed by atoms with Gasteiger partial charge < -0.3 is 15.2 Å². The van der Waals surface area contributed by atoms with Crippen molar-refractivity contribution >= 4 is 27.5 Å². The second kappa shape index (κ2) is 7.36. The second-order valence-electron chi connectivity index (χ2n) is 6.03. The first-order chi connectivity index (χ1) is 11.5. The van der Waals surface area contributed by atoms with E-state index < -0.39 is 6.10 Å². The Morgan fingerprint density at radius 1 is 1.38 bits per heavy atom. The standard InChI is InChI=1S/C19H20BrNO3/c1-12-10-13(8-9-16(12)20)21-19(23)11-24-18-7-3-4-14-15(18)5-2-6-17(14)22/h3-4,7-10,17,22H,2,5-6,11H2,1H3,(H,21,23)/t17-/m0/s1. The lowest BCUT2D eigenvalue weighted by atomic mass is 9.89. The van der Waals surface area contributed by atoms with Crippen LogP contribution in [0.15, 0.2) is 40.9 Å². The number of aliphatic hydroxyl groups is 1. The van der Waals surface area contributed by atoms with Crippen LogP contribution in [0.4, 0.5) is 5.69 Å². The van der Waals surface area contributed by atoms with Crippen molar-refractivity contribution in [2.75, 3.05) is 11.9 Å². The van der Waals surface area contributed by atoms with Gasteiger partial charge in [0.15, 0.2) is 6.61 Å². The third kappa shape index (κ3) is 3.79. The molecule has 24 heavy (non-hydrogen) atoms. The molecule has 2 aromatic carbocycles. The molecule has 0 aromatic heterocycles. The van der Waals surface area contributed by atoms with E-state index in [1.807, 2.05) is 43.3 Å². The van der Waals surface area contributed by atoms with Crippen molar-refractivity contribution in [2.45, 2.75) is 32.3 Å². The van der Waals surface area contributed by atoms with Crippen molar-refractivity contribution in [3.8, 4) is 5.75 Å². The van der Waals surface area contributed by atoms with Gasteiger partial charge in [-0.25, -0.2) is 0 Å². The summed E-state index contributed by atoms with van der Waals surface area (Å²) in [6.45, 7) is 1.92. The average Bonchev–Trinajstić information content (AvgIpc) is 2.57. The molecule has 0 radical (unpaired) electrons. The lowest BCUT2D eigenvalue weighted by Crippen LogP contribution is -2.21. The molecule has 1 aliphatic carbocycles.